The quantitative estimate of drug-likeness (QED) is 0.893. The SMILES string of the molecule is O=C(CCC1CCCNC1)NC1CCCc2ccccc21. The van der Waals surface area contributed by atoms with E-state index in [9.17, 15) is 4.79 Å². The molecule has 3 nitrogen and oxygen atoms in total. The molecule has 2 atom stereocenters. The predicted octanol–water partition coefficient (Wildman–Crippen LogP) is 2.96. The number of carbonyl (C=O) groups is 1. The molecule has 1 aromatic carbocycles. The summed E-state index contributed by atoms with van der Waals surface area (Å²) in [5.41, 5.74) is 2.74. The van der Waals surface area contributed by atoms with Gasteiger partial charge in [0.1, 0.15) is 0 Å². The molecule has 1 amide bonds. The number of rotatable bonds is 4. The molecule has 1 saturated heterocycles. The summed E-state index contributed by atoms with van der Waals surface area (Å²) in [4.78, 5) is 12.2. The maximum absolute atomic E-state index is 12.2. The average molecular weight is 286 g/mol. The van der Waals surface area contributed by atoms with Gasteiger partial charge >= 0.3 is 0 Å². The molecule has 114 valence electrons. The van der Waals surface area contributed by atoms with Gasteiger partial charge in [-0.15, -0.1) is 0 Å². The lowest BCUT2D eigenvalue weighted by atomic mass is 9.87. The van der Waals surface area contributed by atoms with Crippen molar-refractivity contribution in [1.29, 1.82) is 0 Å². The van der Waals surface area contributed by atoms with Gasteiger partial charge in [0.15, 0.2) is 0 Å². The van der Waals surface area contributed by atoms with Crippen LogP contribution in [0.3, 0.4) is 0 Å². The lowest BCUT2D eigenvalue weighted by molar-refractivity contribution is -0.122. The molecule has 2 unspecified atom stereocenters. The van der Waals surface area contributed by atoms with E-state index in [2.05, 4.69) is 34.9 Å². The molecule has 2 aliphatic rings. The maximum atomic E-state index is 12.2. The van der Waals surface area contributed by atoms with Crippen molar-refractivity contribution in [2.75, 3.05) is 13.1 Å². The first-order valence-electron chi connectivity index (χ1n) is 8.41. The van der Waals surface area contributed by atoms with Crippen LogP contribution in [-0.2, 0) is 11.2 Å². The lowest BCUT2D eigenvalue weighted by Crippen LogP contribution is -2.33. The minimum Gasteiger partial charge on any atom is -0.349 e. The Kier molecular flexibility index (Phi) is 4.91. The van der Waals surface area contributed by atoms with E-state index in [-0.39, 0.29) is 11.9 Å². The van der Waals surface area contributed by atoms with Crippen molar-refractivity contribution < 1.29 is 4.79 Å². The van der Waals surface area contributed by atoms with Crippen molar-refractivity contribution in [1.82, 2.24) is 10.6 Å². The van der Waals surface area contributed by atoms with Crippen molar-refractivity contribution in [3.8, 4) is 0 Å². The Morgan fingerprint density at radius 3 is 3.00 bits per heavy atom. The molecular weight excluding hydrogens is 260 g/mol. The third-order valence-corrected chi connectivity index (χ3v) is 4.88. The molecule has 1 fully saturated rings. The van der Waals surface area contributed by atoms with Gasteiger partial charge < -0.3 is 10.6 Å². The molecule has 3 heteroatoms. The van der Waals surface area contributed by atoms with Gasteiger partial charge in [-0.1, -0.05) is 24.3 Å². The van der Waals surface area contributed by atoms with E-state index in [0.717, 1.165) is 32.4 Å². The van der Waals surface area contributed by atoms with E-state index in [4.69, 9.17) is 0 Å². The van der Waals surface area contributed by atoms with Crippen LogP contribution in [-0.4, -0.2) is 19.0 Å². The highest BCUT2D eigenvalue weighted by Crippen LogP contribution is 2.29. The maximum Gasteiger partial charge on any atom is 0.220 e. The summed E-state index contributed by atoms with van der Waals surface area (Å²) in [7, 11) is 0. The molecule has 1 aliphatic heterocycles. The summed E-state index contributed by atoms with van der Waals surface area (Å²) in [5.74, 6) is 0.908. The Bertz CT molecular complexity index is 480. The molecule has 21 heavy (non-hydrogen) atoms. The Balaban J connectivity index is 1.51. The third-order valence-electron chi connectivity index (χ3n) is 4.88. The zero-order chi connectivity index (χ0) is 14.5. The molecule has 1 aliphatic carbocycles. The lowest BCUT2D eigenvalue weighted by Gasteiger charge is -2.27. The summed E-state index contributed by atoms with van der Waals surface area (Å²) in [6.07, 6.45) is 7.62. The largest absolute Gasteiger partial charge is 0.349 e. The highest BCUT2D eigenvalue weighted by atomic mass is 16.1. The molecule has 0 spiro atoms. The Morgan fingerprint density at radius 2 is 2.14 bits per heavy atom. The van der Waals surface area contributed by atoms with E-state index >= 15 is 0 Å². The number of benzene rings is 1. The molecule has 2 N–H and O–H groups in total. The number of hydrogen-bond donors (Lipinski definition) is 2. The van der Waals surface area contributed by atoms with Gasteiger partial charge in [0.05, 0.1) is 6.04 Å². The van der Waals surface area contributed by atoms with Gasteiger partial charge in [0.25, 0.3) is 0 Å². The van der Waals surface area contributed by atoms with E-state index in [1.54, 1.807) is 0 Å². The van der Waals surface area contributed by atoms with Crippen LogP contribution < -0.4 is 10.6 Å². The van der Waals surface area contributed by atoms with Crippen LogP contribution in [0.1, 0.15) is 55.7 Å². The van der Waals surface area contributed by atoms with Crippen molar-refractivity contribution in [3.05, 3.63) is 35.4 Å². The number of hydrogen-bond acceptors (Lipinski definition) is 2. The molecule has 0 aromatic heterocycles. The van der Waals surface area contributed by atoms with Crippen molar-refractivity contribution in [2.45, 2.75) is 51.0 Å². The number of piperidine rings is 1. The highest BCUT2D eigenvalue weighted by Gasteiger charge is 2.22. The van der Waals surface area contributed by atoms with Crippen LogP contribution in [0.2, 0.25) is 0 Å². The highest BCUT2D eigenvalue weighted by molar-refractivity contribution is 5.76. The van der Waals surface area contributed by atoms with Crippen molar-refractivity contribution in [3.63, 3.8) is 0 Å². The fourth-order valence-electron chi connectivity index (χ4n) is 3.68. The number of carbonyl (C=O) groups excluding carboxylic acids is 1. The van der Waals surface area contributed by atoms with Crippen molar-refractivity contribution >= 4 is 5.91 Å². The van der Waals surface area contributed by atoms with E-state index in [1.165, 1.54) is 30.4 Å². The minimum atomic E-state index is 0.224. The van der Waals surface area contributed by atoms with Crippen molar-refractivity contribution in [2.24, 2.45) is 5.92 Å². The van der Waals surface area contributed by atoms with Gasteiger partial charge in [-0.05, 0) is 68.7 Å². The fourth-order valence-corrected chi connectivity index (χ4v) is 3.68. The zero-order valence-electron chi connectivity index (χ0n) is 12.7. The van der Waals surface area contributed by atoms with Crippen LogP contribution in [0.25, 0.3) is 0 Å². The first-order chi connectivity index (χ1) is 10.3. The summed E-state index contributed by atoms with van der Waals surface area (Å²) in [6.45, 7) is 2.22. The second-order valence-electron chi connectivity index (χ2n) is 6.46. The van der Waals surface area contributed by atoms with Gasteiger partial charge in [-0.3, -0.25) is 4.79 Å². The van der Waals surface area contributed by atoms with E-state index < -0.39 is 0 Å². The Labute approximate surface area is 127 Å². The second-order valence-corrected chi connectivity index (χ2v) is 6.46. The summed E-state index contributed by atoms with van der Waals surface area (Å²) in [5, 5.41) is 6.68. The molecule has 3 rings (SSSR count). The minimum absolute atomic E-state index is 0.224. The van der Waals surface area contributed by atoms with Crippen LogP contribution >= 0.6 is 0 Å². The van der Waals surface area contributed by atoms with Gasteiger partial charge in [-0.25, -0.2) is 0 Å². The average Bonchev–Trinajstić information content (AvgIpc) is 2.54. The second kappa shape index (κ2) is 7.08. The van der Waals surface area contributed by atoms with Crippen LogP contribution in [0.4, 0.5) is 0 Å². The van der Waals surface area contributed by atoms with Crippen LogP contribution in [0, 0.1) is 5.92 Å². The number of aryl methyl sites for hydroxylation is 1. The van der Waals surface area contributed by atoms with Crippen LogP contribution in [0.5, 0.6) is 0 Å². The standard InChI is InChI=1S/C18H26N2O/c21-18(11-10-14-5-4-12-19-13-14)20-17-9-3-7-15-6-1-2-8-16(15)17/h1-2,6,8,14,17,19H,3-5,7,9-13H2,(H,20,21). The molecular formula is C18H26N2O. The monoisotopic (exact) mass is 286 g/mol. The first-order valence-corrected chi connectivity index (χ1v) is 8.41. The van der Waals surface area contributed by atoms with Crippen LogP contribution in [0.15, 0.2) is 24.3 Å². The normalized spacial score (nSPS) is 25.1. The summed E-state index contributed by atoms with van der Waals surface area (Å²) < 4.78 is 0. The third kappa shape index (κ3) is 3.85. The Hall–Kier alpha value is -1.35. The topological polar surface area (TPSA) is 41.1 Å². The molecule has 1 aromatic rings. The number of fused-ring (bicyclic) bond motifs is 1. The summed E-state index contributed by atoms with van der Waals surface area (Å²) in [6, 6.07) is 8.77. The predicted molar refractivity (Wildman–Crippen MR) is 85.1 cm³/mol. The van der Waals surface area contributed by atoms with Gasteiger partial charge in [-0.2, -0.15) is 0 Å². The Morgan fingerprint density at radius 1 is 1.24 bits per heavy atom. The summed E-state index contributed by atoms with van der Waals surface area (Å²) >= 11 is 0. The first kappa shape index (κ1) is 14.6. The van der Waals surface area contributed by atoms with E-state index in [1.807, 2.05) is 0 Å². The zero-order valence-corrected chi connectivity index (χ0v) is 12.7. The number of nitrogens with one attached hydrogen (secondary N) is 2. The van der Waals surface area contributed by atoms with Gasteiger partial charge in [0.2, 0.25) is 5.91 Å². The fraction of sp³-hybridized carbons (Fsp3) is 0.611. The molecule has 0 saturated carbocycles. The molecule has 0 bridgehead atoms. The number of amides is 1. The molecule has 1 heterocycles. The van der Waals surface area contributed by atoms with E-state index in [0.29, 0.717) is 12.3 Å². The van der Waals surface area contributed by atoms with Gasteiger partial charge in [0, 0.05) is 6.42 Å². The molecule has 0 radical (unpaired) electrons. The smallest absolute Gasteiger partial charge is 0.220 e.